The van der Waals surface area contributed by atoms with Crippen LogP contribution in [0, 0.1) is 0 Å². The number of carboxylic acids is 1. The maximum absolute atomic E-state index is 11.4. The topological polar surface area (TPSA) is 43.8 Å². The molecule has 0 heterocycles. The quantitative estimate of drug-likeness (QED) is 0.862. The van der Waals surface area contributed by atoms with Crippen LogP contribution in [0.25, 0.3) is 0 Å². The Labute approximate surface area is 102 Å². The molecule has 17 heavy (non-hydrogen) atoms. The number of nitrogens with zero attached hydrogens (tertiary/aromatic N) is 2. The molecule has 94 valence electrons. The van der Waals surface area contributed by atoms with Gasteiger partial charge in [0, 0.05) is 19.8 Å². The van der Waals surface area contributed by atoms with Gasteiger partial charge in [0.15, 0.2) is 0 Å². The summed E-state index contributed by atoms with van der Waals surface area (Å²) >= 11 is 0. The van der Waals surface area contributed by atoms with Gasteiger partial charge in [0.25, 0.3) is 0 Å². The van der Waals surface area contributed by atoms with Crippen LogP contribution < -0.4 is 4.90 Å². The molecule has 1 N–H and O–H groups in total. The Bertz CT molecular complexity index is 398. The Balaban J connectivity index is 3.18. The zero-order chi connectivity index (χ0) is 13.2. The van der Waals surface area contributed by atoms with E-state index < -0.39 is 11.5 Å². The number of carboxylic acid groups (broad SMARTS) is 1. The van der Waals surface area contributed by atoms with Crippen LogP contribution >= 0.6 is 0 Å². The first-order valence-corrected chi connectivity index (χ1v) is 5.49. The highest BCUT2D eigenvalue weighted by atomic mass is 16.4. The average molecular weight is 236 g/mol. The number of anilines is 1. The summed E-state index contributed by atoms with van der Waals surface area (Å²) < 4.78 is 0. The minimum Gasteiger partial charge on any atom is -0.480 e. The number of hydrogen-bond acceptors (Lipinski definition) is 3. The average Bonchev–Trinajstić information content (AvgIpc) is 2.27. The van der Waals surface area contributed by atoms with Gasteiger partial charge in [-0.1, -0.05) is 12.1 Å². The van der Waals surface area contributed by atoms with Crippen molar-refractivity contribution in [1.29, 1.82) is 0 Å². The summed E-state index contributed by atoms with van der Waals surface area (Å²) in [7, 11) is 7.46. The second-order valence-corrected chi connectivity index (χ2v) is 4.71. The lowest BCUT2D eigenvalue weighted by atomic mass is 9.90. The van der Waals surface area contributed by atoms with Crippen LogP contribution in [0.4, 0.5) is 5.69 Å². The van der Waals surface area contributed by atoms with E-state index in [-0.39, 0.29) is 0 Å². The molecule has 4 heteroatoms. The molecular formula is C13H20N2O2. The van der Waals surface area contributed by atoms with Crippen LogP contribution in [0.5, 0.6) is 0 Å². The van der Waals surface area contributed by atoms with Crippen LogP contribution in [0.1, 0.15) is 12.5 Å². The van der Waals surface area contributed by atoms with Gasteiger partial charge in [-0.3, -0.25) is 4.90 Å². The lowest BCUT2D eigenvalue weighted by Crippen LogP contribution is -2.45. The van der Waals surface area contributed by atoms with Crippen molar-refractivity contribution in [2.24, 2.45) is 0 Å². The molecule has 0 radical (unpaired) electrons. The van der Waals surface area contributed by atoms with E-state index in [1.165, 1.54) is 0 Å². The monoisotopic (exact) mass is 236 g/mol. The Morgan fingerprint density at radius 1 is 1.12 bits per heavy atom. The Hall–Kier alpha value is -1.55. The maximum atomic E-state index is 11.4. The molecule has 0 amide bonds. The SMILES string of the molecule is CN(C)c1ccc(C(C)(C(=O)O)N(C)C)cc1. The van der Waals surface area contributed by atoms with Crippen molar-refractivity contribution >= 4 is 11.7 Å². The van der Waals surface area contributed by atoms with E-state index >= 15 is 0 Å². The van der Waals surface area contributed by atoms with Crippen molar-refractivity contribution < 1.29 is 9.90 Å². The molecule has 1 rings (SSSR count). The zero-order valence-electron chi connectivity index (χ0n) is 11.1. The summed E-state index contributed by atoms with van der Waals surface area (Å²) in [4.78, 5) is 15.1. The number of likely N-dealkylation sites (N-methyl/N-ethyl adjacent to an activating group) is 1. The second-order valence-electron chi connectivity index (χ2n) is 4.71. The summed E-state index contributed by atoms with van der Waals surface area (Å²) in [5.74, 6) is -0.847. The third-order valence-electron chi connectivity index (χ3n) is 3.26. The number of benzene rings is 1. The van der Waals surface area contributed by atoms with Crippen LogP contribution in [0.2, 0.25) is 0 Å². The normalized spacial score (nSPS) is 14.5. The fourth-order valence-electron chi connectivity index (χ4n) is 1.66. The van der Waals surface area contributed by atoms with Crippen LogP contribution in [-0.4, -0.2) is 44.2 Å². The molecule has 0 aliphatic rings. The predicted octanol–water partition coefficient (Wildman–Crippen LogP) is 1.61. The van der Waals surface area contributed by atoms with Crippen molar-refractivity contribution in [2.75, 3.05) is 33.1 Å². The second kappa shape index (κ2) is 4.75. The summed E-state index contributed by atoms with van der Waals surface area (Å²) in [5.41, 5.74) is 0.839. The maximum Gasteiger partial charge on any atom is 0.328 e. The smallest absolute Gasteiger partial charge is 0.328 e. The fraction of sp³-hybridized carbons (Fsp3) is 0.462. The summed E-state index contributed by atoms with van der Waals surface area (Å²) in [6.45, 7) is 1.71. The lowest BCUT2D eigenvalue weighted by Gasteiger charge is -2.32. The van der Waals surface area contributed by atoms with Crippen molar-refractivity contribution in [3.8, 4) is 0 Å². The summed E-state index contributed by atoms with van der Waals surface area (Å²) in [6, 6.07) is 7.59. The first kappa shape index (κ1) is 13.5. The van der Waals surface area contributed by atoms with Crippen molar-refractivity contribution in [3.63, 3.8) is 0 Å². The standard InChI is InChI=1S/C13H20N2O2/c1-13(12(16)17,15(4)5)10-6-8-11(9-7-10)14(2)3/h6-9H,1-5H3,(H,16,17). The highest BCUT2D eigenvalue weighted by molar-refractivity contribution is 5.80. The molecule has 1 aromatic carbocycles. The van der Waals surface area contributed by atoms with Crippen LogP contribution in [0.3, 0.4) is 0 Å². The number of aliphatic carboxylic acids is 1. The van der Waals surface area contributed by atoms with Gasteiger partial charge in [0.2, 0.25) is 0 Å². The molecule has 0 saturated heterocycles. The van der Waals surface area contributed by atoms with Gasteiger partial charge in [-0.15, -0.1) is 0 Å². The van der Waals surface area contributed by atoms with Gasteiger partial charge in [0.05, 0.1) is 0 Å². The molecule has 1 aromatic rings. The first-order chi connectivity index (χ1) is 7.80. The molecule has 0 fully saturated rings. The van der Waals surface area contributed by atoms with Gasteiger partial charge in [-0.2, -0.15) is 0 Å². The molecule has 1 unspecified atom stereocenters. The molecule has 0 aromatic heterocycles. The Kier molecular flexibility index (Phi) is 3.78. The highest BCUT2D eigenvalue weighted by Crippen LogP contribution is 2.27. The Morgan fingerprint density at radius 2 is 1.59 bits per heavy atom. The molecular weight excluding hydrogens is 216 g/mol. The van der Waals surface area contributed by atoms with Gasteiger partial charge < -0.3 is 10.0 Å². The minimum absolute atomic E-state index is 0.778. The minimum atomic E-state index is -0.995. The largest absolute Gasteiger partial charge is 0.480 e. The van der Waals surface area contributed by atoms with Gasteiger partial charge in [-0.25, -0.2) is 4.79 Å². The van der Waals surface area contributed by atoms with Gasteiger partial charge in [0.1, 0.15) is 5.54 Å². The molecule has 0 bridgehead atoms. The number of carbonyl (C=O) groups is 1. The molecule has 1 atom stereocenters. The fourth-order valence-corrected chi connectivity index (χ4v) is 1.66. The summed E-state index contributed by atoms with van der Waals surface area (Å²) in [6.07, 6.45) is 0. The van der Waals surface area contributed by atoms with E-state index in [9.17, 15) is 9.90 Å². The van der Waals surface area contributed by atoms with E-state index in [1.54, 1.807) is 25.9 Å². The molecule has 0 aliphatic carbocycles. The predicted molar refractivity (Wildman–Crippen MR) is 69.4 cm³/mol. The third kappa shape index (κ3) is 2.42. The van der Waals surface area contributed by atoms with E-state index in [2.05, 4.69) is 0 Å². The molecule has 4 nitrogen and oxygen atoms in total. The van der Waals surface area contributed by atoms with E-state index in [1.807, 2.05) is 43.3 Å². The van der Waals surface area contributed by atoms with E-state index in [0.717, 1.165) is 11.3 Å². The zero-order valence-corrected chi connectivity index (χ0v) is 11.1. The first-order valence-electron chi connectivity index (χ1n) is 5.49. The van der Waals surface area contributed by atoms with Crippen molar-refractivity contribution in [1.82, 2.24) is 4.90 Å². The molecule has 0 saturated carbocycles. The molecule has 0 spiro atoms. The van der Waals surface area contributed by atoms with Gasteiger partial charge in [-0.05, 0) is 38.7 Å². The van der Waals surface area contributed by atoms with E-state index in [4.69, 9.17) is 0 Å². The van der Waals surface area contributed by atoms with Crippen LogP contribution in [0.15, 0.2) is 24.3 Å². The third-order valence-corrected chi connectivity index (χ3v) is 3.26. The highest BCUT2D eigenvalue weighted by Gasteiger charge is 2.37. The van der Waals surface area contributed by atoms with Crippen molar-refractivity contribution in [3.05, 3.63) is 29.8 Å². The molecule has 0 aliphatic heterocycles. The number of hydrogen-bond donors (Lipinski definition) is 1. The lowest BCUT2D eigenvalue weighted by molar-refractivity contribution is -0.149. The Morgan fingerprint density at radius 3 is 1.88 bits per heavy atom. The van der Waals surface area contributed by atoms with Crippen LogP contribution in [-0.2, 0) is 10.3 Å². The van der Waals surface area contributed by atoms with Crippen molar-refractivity contribution in [2.45, 2.75) is 12.5 Å². The van der Waals surface area contributed by atoms with E-state index in [0.29, 0.717) is 0 Å². The van der Waals surface area contributed by atoms with Gasteiger partial charge >= 0.3 is 5.97 Å². The number of rotatable bonds is 4. The summed E-state index contributed by atoms with van der Waals surface area (Å²) in [5, 5.41) is 9.38.